The van der Waals surface area contributed by atoms with Crippen LogP contribution in [0.3, 0.4) is 0 Å². The molecule has 0 aromatic heterocycles. The molecule has 5 heteroatoms. The van der Waals surface area contributed by atoms with Crippen molar-refractivity contribution in [1.82, 2.24) is 5.32 Å². The molecule has 0 saturated carbocycles. The van der Waals surface area contributed by atoms with Crippen LogP contribution in [0.25, 0.3) is 0 Å². The van der Waals surface area contributed by atoms with Crippen LogP contribution in [-0.2, 0) is 4.79 Å². The Morgan fingerprint density at radius 1 is 1.50 bits per heavy atom. The predicted octanol–water partition coefficient (Wildman–Crippen LogP) is 1.48. The van der Waals surface area contributed by atoms with E-state index in [1.54, 1.807) is 12.1 Å². The van der Waals surface area contributed by atoms with Gasteiger partial charge < -0.3 is 20.5 Å². The Balaban J connectivity index is 2.00. The number of anilines is 1. The third kappa shape index (κ3) is 2.92. The first-order valence-corrected chi connectivity index (χ1v) is 6.12. The van der Waals surface area contributed by atoms with E-state index in [-0.39, 0.29) is 17.7 Å². The molecule has 0 unspecified atom stereocenters. The number of hydrogen-bond acceptors (Lipinski definition) is 4. The molecule has 1 aromatic carbocycles. The Kier molecular flexibility index (Phi) is 4.04. The third-order valence-corrected chi connectivity index (χ3v) is 3.07. The van der Waals surface area contributed by atoms with E-state index in [9.17, 15) is 9.90 Å². The van der Waals surface area contributed by atoms with Gasteiger partial charge in [0.1, 0.15) is 0 Å². The zero-order valence-electron chi connectivity index (χ0n) is 10.4. The van der Waals surface area contributed by atoms with Gasteiger partial charge in [-0.3, -0.25) is 4.79 Å². The van der Waals surface area contributed by atoms with E-state index in [0.717, 1.165) is 25.8 Å². The molecule has 0 radical (unpaired) electrons. The van der Waals surface area contributed by atoms with Crippen molar-refractivity contribution in [2.45, 2.75) is 25.3 Å². The molecule has 5 nitrogen and oxygen atoms in total. The molecule has 1 aromatic rings. The molecule has 1 amide bonds. The first-order chi connectivity index (χ1) is 8.70. The smallest absolute Gasteiger partial charge is 0.241 e. The van der Waals surface area contributed by atoms with Gasteiger partial charge in [-0.25, -0.2) is 0 Å². The van der Waals surface area contributed by atoms with Crippen molar-refractivity contribution < 1.29 is 14.6 Å². The number of ether oxygens (including phenoxy) is 1. The average molecular weight is 250 g/mol. The zero-order valence-corrected chi connectivity index (χ0v) is 10.4. The van der Waals surface area contributed by atoms with E-state index >= 15 is 0 Å². The molecule has 0 spiro atoms. The molecule has 0 aliphatic carbocycles. The Morgan fingerprint density at radius 2 is 2.33 bits per heavy atom. The highest BCUT2D eigenvalue weighted by atomic mass is 16.5. The van der Waals surface area contributed by atoms with Crippen molar-refractivity contribution in [3.8, 4) is 11.5 Å². The van der Waals surface area contributed by atoms with Crippen LogP contribution < -0.4 is 15.4 Å². The molecule has 0 bridgehead atoms. The molecular weight excluding hydrogens is 232 g/mol. The van der Waals surface area contributed by atoms with Crippen molar-refractivity contribution in [1.29, 1.82) is 0 Å². The first kappa shape index (κ1) is 12.7. The van der Waals surface area contributed by atoms with Gasteiger partial charge in [-0.1, -0.05) is 6.42 Å². The molecule has 2 rings (SSSR count). The van der Waals surface area contributed by atoms with Crippen molar-refractivity contribution in [3.63, 3.8) is 0 Å². The number of benzene rings is 1. The minimum Gasteiger partial charge on any atom is -0.504 e. The summed E-state index contributed by atoms with van der Waals surface area (Å²) in [5.74, 6) is 0.356. The van der Waals surface area contributed by atoms with E-state index in [1.807, 2.05) is 0 Å². The lowest BCUT2D eigenvalue weighted by atomic mass is 10.0. The summed E-state index contributed by atoms with van der Waals surface area (Å²) in [7, 11) is 1.49. The second kappa shape index (κ2) is 5.73. The highest BCUT2D eigenvalue weighted by molar-refractivity contribution is 5.95. The fourth-order valence-electron chi connectivity index (χ4n) is 2.07. The largest absolute Gasteiger partial charge is 0.504 e. The number of phenols is 1. The number of phenolic OH excluding ortho intramolecular Hbond substituents is 1. The topological polar surface area (TPSA) is 70.6 Å². The van der Waals surface area contributed by atoms with E-state index in [2.05, 4.69) is 10.6 Å². The number of carbonyl (C=O) groups excluding carboxylic acids is 1. The van der Waals surface area contributed by atoms with Gasteiger partial charge in [-0.05, 0) is 31.5 Å². The summed E-state index contributed by atoms with van der Waals surface area (Å²) in [6, 6.07) is 4.68. The number of amides is 1. The molecule has 1 aliphatic heterocycles. The lowest BCUT2D eigenvalue weighted by Gasteiger charge is -2.22. The maximum atomic E-state index is 11.9. The highest BCUT2D eigenvalue weighted by Crippen LogP contribution is 2.28. The van der Waals surface area contributed by atoms with Crippen molar-refractivity contribution >= 4 is 11.6 Å². The normalized spacial score (nSPS) is 19.3. The summed E-state index contributed by atoms with van der Waals surface area (Å²) in [4.78, 5) is 11.9. The van der Waals surface area contributed by atoms with Crippen LogP contribution in [0.1, 0.15) is 19.3 Å². The van der Waals surface area contributed by atoms with E-state index in [0.29, 0.717) is 11.4 Å². The summed E-state index contributed by atoms with van der Waals surface area (Å²) in [6.07, 6.45) is 3.04. The number of hydrogen-bond donors (Lipinski definition) is 3. The number of rotatable bonds is 3. The number of methoxy groups -OCH3 is 1. The first-order valence-electron chi connectivity index (χ1n) is 6.12. The van der Waals surface area contributed by atoms with Gasteiger partial charge in [0.15, 0.2) is 11.5 Å². The fourth-order valence-corrected chi connectivity index (χ4v) is 2.07. The van der Waals surface area contributed by atoms with Crippen LogP contribution in [0.5, 0.6) is 11.5 Å². The minimum absolute atomic E-state index is 0.0203. The molecule has 1 atom stereocenters. The Bertz CT molecular complexity index is 428. The standard InChI is InChI=1S/C13H18N2O3/c1-18-12-6-5-9(8-11(12)16)15-13(17)10-4-2-3-7-14-10/h5-6,8,10,14,16H,2-4,7H2,1H3,(H,15,17)/t10-/m1/s1. The van der Waals surface area contributed by atoms with Gasteiger partial charge in [0.25, 0.3) is 0 Å². The van der Waals surface area contributed by atoms with Crippen LogP contribution in [-0.4, -0.2) is 30.7 Å². The van der Waals surface area contributed by atoms with Crippen LogP contribution in [0.2, 0.25) is 0 Å². The number of carbonyl (C=O) groups is 1. The highest BCUT2D eigenvalue weighted by Gasteiger charge is 2.20. The fraction of sp³-hybridized carbons (Fsp3) is 0.462. The Hall–Kier alpha value is -1.75. The number of nitrogens with one attached hydrogen (secondary N) is 2. The summed E-state index contributed by atoms with van der Waals surface area (Å²) >= 11 is 0. The van der Waals surface area contributed by atoms with Crippen molar-refractivity contribution in [3.05, 3.63) is 18.2 Å². The second-order valence-corrected chi connectivity index (χ2v) is 4.38. The molecule has 1 saturated heterocycles. The number of piperidine rings is 1. The van der Waals surface area contributed by atoms with Gasteiger partial charge in [0.2, 0.25) is 5.91 Å². The molecule has 98 valence electrons. The molecule has 1 aliphatic rings. The van der Waals surface area contributed by atoms with E-state index in [4.69, 9.17) is 4.74 Å². The lowest BCUT2D eigenvalue weighted by Crippen LogP contribution is -2.43. The Morgan fingerprint density at radius 3 is 2.94 bits per heavy atom. The third-order valence-electron chi connectivity index (χ3n) is 3.07. The van der Waals surface area contributed by atoms with Crippen LogP contribution in [0.15, 0.2) is 18.2 Å². The predicted molar refractivity (Wildman–Crippen MR) is 68.9 cm³/mol. The number of aromatic hydroxyl groups is 1. The molecule has 18 heavy (non-hydrogen) atoms. The van der Waals surface area contributed by atoms with E-state index < -0.39 is 0 Å². The molecule has 1 fully saturated rings. The average Bonchev–Trinajstić information content (AvgIpc) is 2.40. The summed E-state index contributed by atoms with van der Waals surface area (Å²) in [6.45, 7) is 0.881. The van der Waals surface area contributed by atoms with Crippen LogP contribution in [0, 0.1) is 0 Å². The van der Waals surface area contributed by atoms with Crippen molar-refractivity contribution in [2.75, 3.05) is 19.0 Å². The monoisotopic (exact) mass is 250 g/mol. The quantitative estimate of drug-likeness (QED) is 0.760. The molecule has 3 N–H and O–H groups in total. The van der Waals surface area contributed by atoms with E-state index in [1.165, 1.54) is 13.2 Å². The second-order valence-electron chi connectivity index (χ2n) is 4.38. The van der Waals surface area contributed by atoms with Gasteiger partial charge in [0.05, 0.1) is 13.2 Å². The lowest BCUT2D eigenvalue weighted by molar-refractivity contribution is -0.118. The Labute approximate surface area is 106 Å². The van der Waals surface area contributed by atoms with Crippen molar-refractivity contribution in [2.24, 2.45) is 0 Å². The maximum absolute atomic E-state index is 11.9. The minimum atomic E-state index is -0.136. The van der Waals surface area contributed by atoms with Gasteiger partial charge in [0, 0.05) is 11.8 Å². The van der Waals surface area contributed by atoms with Gasteiger partial charge >= 0.3 is 0 Å². The zero-order chi connectivity index (χ0) is 13.0. The van der Waals surface area contributed by atoms with Gasteiger partial charge in [-0.15, -0.1) is 0 Å². The SMILES string of the molecule is COc1ccc(NC(=O)[C@H]2CCCCN2)cc1O. The molecule has 1 heterocycles. The van der Waals surface area contributed by atoms with Gasteiger partial charge in [-0.2, -0.15) is 0 Å². The summed E-state index contributed by atoms with van der Waals surface area (Å²) in [5.41, 5.74) is 0.575. The summed E-state index contributed by atoms with van der Waals surface area (Å²) in [5, 5.41) is 15.6. The van der Waals surface area contributed by atoms with Crippen LogP contribution >= 0.6 is 0 Å². The molecular formula is C13H18N2O3. The maximum Gasteiger partial charge on any atom is 0.241 e. The van der Waals surface area contributed by atoms with Crippen LogP contribution in [0.4, 0.5) is 5.69 Å². The summed E-state index contributed by atoms with van der Waals surface area (Å²) < 4.78 is 4.95.